The fourth-order valence-corrected chi connectivity index (χ4v) is 2.20. The Morgan fingerprint density at radius 3 is 2.50 bits per heavy atom. The topological polar surface area (TPSA) is 38.8 Å². The van der Waals surface area contributed by atoms with E-state index < -0.39 is 5.60 Å². The zero-order valence-electron chi connectivity index (χ0n) is 13.0. The van der Waals surface area contributed by atoms with E-state index in [9.17, 15) is 4.79 Å². The number of nitrogens with zero attached hydrogens (tertiary/aromatic N) is 1. The third-order valence-corrected chi connectivity index (χ3v) is 3.35. The fourth-order valence-electron chi connectivity index (χ4n) is 1.66. The van der Waals surface area contributed by atoms with E-state index in [1.807, 2.05) is 45.2 Å². The molecule has 0 saturated heterocycles. The summed E-state index contributed by atoms with van der Waals surface area (Å²) in [7, 11) is 3.37. The Kier molecular flexibility index (Phi) is 5.74. The van der Waals surface area contributed by atoms with E-state index in [4.69, 9.17) is 9.47 Å². The van der Waals surface area contributed by atoms with Crippen LogP contribution in [0, 0.1) is 0 Å². The van der Waals surface area contributed by atoms with Gasteiger partial charge < -0.3 is 14.4 Å². The van der Waals surface area contributed by atoms with Crippen LogP contribution in [0.25, 0.3) is 0 Å². The smallest absolute Gasteiger partial charge is 0.410 e. The van der Waals surface area contributed by atoms with Crippen LogP contribution in [-0.2, 0) is 11.3 Å². The van der Waals surface area contributed by atoms with E-state index in [1.165, 1.54) is 0 Å². The summed E-state index contributed by atoms with van der Waals surface area (Å²) in [5.41, 5.74) is 0.527. The molecular weight excluding hydrogens is 274 g/mol. The average molecular weight is 297 g/mol. The first-order valence-electron chi connectivity index (χ1n) is 6.42. The summed E-state index contributed by atoms with van der Waals surface area (Å²) < 4.78 is 10.7. The minimum Gasteiger partial charge on any atom is -0.496 e. The molecule has 0 fully saturated rings. The molecule has 1 amide bonds. The van der Waals surface area contributed by atoms with Crippen molar-refractivity contribution in [2.24, 2.45) is 0 Å². The highest BCUT2D eigenvalue weighted by molar-refractivity contribution is 7.98. The van der Waals surface area contributed by atoms with Crippen molar-refractivity contribution < 1.29 is 14.3 Å². The lowest BCUT2D eigenvalue weighted by Crippen LogP contribution is -2.33. The van der Waals surface area contributed by atoms with Gasteiger partial charge >= 0.3 is 6.09 Å². The number of hydrogen-bond donors (Lipinski definition) is 0. The monoisotopic (exact) mass is 297 g/mol. The molecule has 0 saturated carbocycles. The predicted molar refractivity (Wildman–Crippen MR) is 82.5 cm³/mol. The molecule has 0 heterocycles. The molecule has 20 heavy (non-hydrogen) atoms. The van der Waals surface area contributed by atoms with Crippen molar-refractivity contribution in [2.45, 2.75) is 37.8 Å². The van der Waals surface area contributed by atoms with Crippen LogP contribution in [-0.4, -0.2) is 37.0 Å². The maximum atomic E-state index is 11.9. The van der Waals surface area contributed by atoms with Gasteiger partial charge in [0.15, 0.2) is 0 Å². The van der Waals surface area contributed by atoms with E-state index in [1.54, 1.807) is 30.8 Å². The zero-order chi connectivity index (χ0) is 15.3. The van der Waals surface area contributed by atoms with Gasteiger partial charge in [-0.2, -0.15) is 0 Å². The molecule has 0 aliphatic heterocycles. The summed E-state index contributed by atoms with van der Waals surface area (Å²) in [6, 6.07) is 5.95. The summed E-state index contributed by atoms with van der Waals surface area (Å²) in [6.45, 7) is 6.05. The number of ether oxygens (including phenoxy) is 2. The Morgan fingerprint density at radius 2 is 2.00 bits per heavy atom. The van der Waals surface area contributed by atoms with E-state index in [-0.39, 0.29) is 6.09 Å². The van der Waals surface area contributed by atoms with E-state index >= 15 is 0 Å². The summed E-state index contributed by atoms with van der Waals surface area (Å²) in [5, 5.41) is 0. The minimum absolute atomic E-state index is 0.328. The molecular formula is C15H23NO3S. The molecule has 1 aromatic carbocycles. The van der Waals surface area contributed by atoms with E-state index in [2.05, 4.69) is 0 Å². The van der Waals surface area contributed by atoms with Crippen LogP contribution in [0.15, 0.2) is 23.1 Å². The molecule has 0 bridgehead atoms. The molecule has 4 nitrogen and oxygen atoms in total. The lowest BCUT2D eigenvalue weighted by atomic mass is 10.2. The molecule has 1 aromatic rings. The summed E-state index contributed by atoms with van der Waals surface area (Å²) in [5.74, 6) is 0.826. The van der Waals surface area contributed by atoms with Crippen LogP contribution < -0.4 is 4.74 Å². The van der Waals surface area contributed by atoms with Crippen molar-refractivity contribution in [3.05, 3.63) is 23.8 Å². The highest BCUT2D eigenvalue weighted by Crippen LogP contribution is 2.28. The Balaban J connectivity index is 2.75. The summed E-state index contributed by atoms with van der Waals surface area (Å²) >= 11 is 1.63. The van der Waals surface area contributed by atoms with Gasteiger partial charge in [0, 0.05) is 18.5 Å². The van der Waals surface area contributed by atoms with Crippen LogP contribution in [0.3, 0.4) is 0 Å². The van der Waals surface area contributed by atoms with Crippen LogP contribution in [0.1, 0.15) is 26.3 Å². The molecule has 0 aliphatic carbocycles. The maximum Gasteiger partial charge on any atom is 0.410 e. The van der Waals surface area contributed by atoms with Gasteiger partial charge in [-0.15, -0.1) is 11.8 Å². The molecule has 0 aromatic heterocycles. The Labute approximate surface area is 125 Å². The number of carbonyl (C=O) groups excluding carboxylic acids is 1. The number of thioether (sulfide) groups is 1. The average Bonchev–Trinajstić information content (AvgIpc) is 2.36. The first-order chi connectivity index (χ1) is 9.26. The van der Waals surface area contributed by atoms with E-state index in [0.29, 0.717) is 6.54 Å². The third-order valence-electron chi connectivity index (χ3n) is 2.57. The van der Waals surface area contributed by atoms with Gasteiger partial charge in [-0.3, -0.25) is 0 Å². The number of methoxy groups -OCH3 is 1. The first kappa shape index (κ1) is 16.7. The molecule has 112 valence electrons. The lowest BCUT2D eigenvalue weighted by molar-refractivity contribution is 0.0285. The van der Waals surface area contributed by atoms with Crippen molar-refractivity contribution in [3.8, 4) is 5.75 Å². The maximum absolute atomic E-state index is 11.9. The van der Waals surface area contributed by atoms with Crippen molar-refractivity contribution in [1.82, 2.24) is 4.90 Å². The van der Waals surface area contributed by atoms with Crippen molar-refractivity contribution in [3.63, 3.8) is 0 Å². The van der Waals surface area contributed by atoms with Gasteiger partial charge in [0.05, 0.1) is 7.11 Å². The molecule has 0 N–H and O–H groups in total. The standard InChI is InChI=1S/C15H23NO3S/c1-15(2,3)19-14(17)16(4)10-11-7-8-13(20-6)12(9-11)18-5/h7-9H,10H2,1-6H3. The summed E-state index contributed by atoms with van der Waals surface area (Å²) in [4.78, 5) is 14.5. The highest BCUT2D eigenvalue weighted by Gasteiger charge is 2.19. The van der Waals surface area contributed by atoms with Crippen LogP contribution in [0.2, 0.25) is 0 Å². The number of hydrogen-bond acceptors (Lipinski definition) is 4. The van der Waals surface area contributed by atoms with Crippen LogP contribution >= 0.6 is 11.8 Å². The molecule has 0 unspecified atom stereocenters. The van der Waals surface area contributed by atoms with E-state index in [0.717, 1.165) is 16.2 Å². The number of rotatable bonds is 4. The number of benzene rings is 1. The first-order valence-corrected chi connectivity index (χ1v) is 7.64. The van der Waals surface area contributed by atoms with Gasteiger partial charge in [0.25, 0.3) is 0 Å². The highest BCUT2D eigenvalue weighted by atomic mass is 32.2. The summed E-state index contributed by atoms with van der Waals surface area (Å²) in [6.07, 6.45) is 1.68. The van der Waals surface area contributed by atoms with Gasteiger partial charge in [-0.25, -0.2) is 4.79 Å². The second kappa shape index (κ2) is 6.88. The second-order valence-corrected chi connectivity index (χ2v) is 6.37. The van der Waals surface area contributed by atoms with Gasteiger partial charge in [0.2, 0.25) is 0 Å². The molecule has 5 heteroatoms. The Hall–Kier alpha value is -1.36. The molecule has 1 rings (SSSR count). The zero-order valence-corrected chi connectivity index (χ0v) is 13.8. The molecule has 0 spiro atoms. The lowest BCUT2D eigenvalue weighted by Gasteiger charge is -2.24. The van der Waals surface area contributed by atoms with Crippen LogP contribution in [0.4, 0.5) is 4.79 Å². The second-order valence-electron chi connectivity index (χ2n) is 5.53. The SMILES string of the molecule is COc1cc(CN(C)C(=O)OC(C)(C)C)ccc1SC. The van der Waals surface area contributed by atoms with Gasteiger partial charge in [-0.05, 0) is 44.7 Å². The molecule has 0 aliphatic rings. The normalized spacial score (nSPS) is 11.1. The quantitative estimate of drug-likeness (QED) is 0.793. The van der Waals surface area contributed by atoms with Gasteiger partial charge in [-0.1, -0.05) is 6.07 Å². The van der Waals surface area contributed by atoms with Crippen molar-refractivity contribution in [2.75, 3.05) is 20.4 Å². The fraction of sp³-hybridized carbons (Fsp3) is 0.533. The largest absolute Gasteiger partial charge is 0.496 e. The third kappa shape index (κ3) is 4.96. The number of amides is 1. The Morgan fingerprint density at radius 1 is 1.35 bits per heavy atom. The Bertz CT molecular complexity index is 469. The minimum atomic E-state index is -0.480. The van der Waals surface area contributed by atoms with Crippen LogP contribution in [0.5, 0.6) is 5.75 Å². The van der Waals surface area contributed by atoms with Crippen molar-refractivity contribution >= 4 is 17.9 Å². The molecule has 0 radical (unpaired) electrons. The number of carbonyl (C=O) groups is 1. The van der Waals surface area contributed by atoms with Gasteiger partial charge in [0.1, 0.15) is 11.4 Å². The predicted octanol–water partition coefficient (Wildman–Crippen LogP) is 3.78. The molecule has 0 atom stereocenters. The van der Waals surface area contributed by atoms with Crippen molar-refractivity contribution in [1.29, 1.82) is 0 Å².